The van der Waals surface area contributed by atoms with Crippen LogP contribution in [0.25, 0.3) is 0 Å². The molecule has 2 heterocycles. The Kier molecular flexibility index (Phi) is 6.67. The summed E-state index contributed by atoms with van der Waals surface area (Å²) < 4.78 is 5.17. The number of nitro benzene ring substituents is 1. The fourth-order valence-corrected chi connectivity index (χ4v) is 8.42. The van der Waals surface area contributed by atoms with Crippen LogP contribution in [0, 0.1) is 27.9 Å². The number of phenols is 1. The van der Waals surface area contributed by atoms with E-state index in [9.17, 15) is 34.4 Å². The topological polar surface area (TPSA) is 147 Å². The van der Waals surface area contributed by atoms with Crippen molar-refractivity contribution in [1.29, 1.82) is 0 Å². The number of phenolic OH excluding ortho intramolecular Hbond substituents is 1. The average Bonchev–Trinajstić information content (AvgIpc) is 3.30. The summed E-state index contributed by atoms with van der Waals surface area (Å²) in [7, 11) is 1.38. The lowest BCUT2D eigenvalue weighted by Gasteiger charge is -2.50. The smallest absolute Gasteiger partial charge is 0.269 e. The van der Waals surface area contributed by atoms with Crippen LogP contribution in [0.5, 0.6) is 11.5 Å². The Morgan fingerprint density at radius 3 is 2.36 bits per heavy atom. The number of hydrogen-bond donors (Lipinski definition) is 1. The Morgan fingerprint density at radius 2 is 1.76 bits per heavy atom. The zero-order valence-corrected chi connectivity index (χ0v) is 24.9. The highest BCUT2D eigenvalue weighted by molar-refractivity contribution is 9.09. The molecule has 6 atom stereocenters. The summed E-state index contributed by atoms with van der Waals surface area (Å²) in [5.74, 6) is -6.02. The maximum Gasteiger partial charge on any atom is 0.269 e. The summed E-state index contributed by atoms with van der Waals surface area (Å²) in [5.41, 5.74) is 0.778. The largest absolute Gasteiger partial charge is 0.504 e. The quantitative estimate of drug-likeness (QED) is 0.123. The van der Waals surface area contributed by atoms with Crippen molar-refractivity contribution < 1.29 is 33.9 Å². The average molecular weight is 679 g/mol. The minimum Gasteiger partial charge on any atom is -0.504 e. The van der Waals surface area contributed by atoms with Crippen molar-refractivity contribution in [3.63, 3.8) is 0 Å². The molecule has 0 radical (unpaired) electrons. The molecule has 0 bridgehead atoms. The number of rotatable bonds is 5. The number of benzene rings is 2. The number of carbonyl (C=O) groups excluding carboxylic acids is 4. The van der Waals surface area contributed by atoms with Crippen LogP contribution in [0.3, 0.4) is 0 Å². The lowest BCUT2D eigenvalue weighted by Crippen LogP contribution is -2.60. The second kappa shape index (κ2) is 9.78. The molecule has 218 valence electrons. The lowest BCUT2D eigenvalue weighted by atomic mass is 9.56. The van der Waals surface area contributed by atoms with E-state index in [4.69, 9.17) is 27.9 Å². The van der Waals surface area contributed by atoms with E-state index in [1.54, 1.807) is 12.1 Å². The van der Waals surface area contributed by atoms with Crippen LogP contribution in [0.15, 0.2) is 54.1 Å². The van der Waals surface area contributed by atoms with Gasteiger partial charge in [0.1, 0.15) is 0 Å². The van der Waals surface area contributed by atoms with Crippen molar-refractivity contribution in [2.45, 2.75) is 28.5 Å². The molecule has 2 aromatic rings. The number of nitrogens with zero attached hydrogens (tertiary/aromatic N) is 3. The van der Waals surface area contributed by atoms with Gasteiger partial charge in [0, 0.05) is 18.1 Å². The number of likely N-dealkylation sites (tertiary alicyclic amines) is 1. The SMILES string of the molecule is COc1ccc([C@H]2C3=CC[C@@H]4C(=O)N(c5ccc([N+](=O)[O-])cc5)C(=O)[C@@H]4[C@@H]3C[C@@]3(Cl)C(=O)N(CBr)C(=O)[C@@]23Cl)cc1O. The molecule has 1 saturated carbocycles. The number of non-ortho nitro benzene ring substituents is 1. The van der Waals surface area contributed by atoms with Crippen LogP contribution in [0.2, 0.25) is 0 Å². The van der Waals surface area contributed by atoms with Gasteiger partial charge in [0.2, 0.25) is 11.8 Å². The third-order valence-electron chi connectivity index (χ3n) is 8.87. The summed E-state index contributed by atoms with van der Waals surface area (Å²) in [6, 6.07) is 9.59. The van der Waals surface area contributed by atoms with Crippen molar-refractivity contribution in [2.75, 3.05) is 17.5 Å². The Bertz CT molecular complexity index is 1620. The predicted octanol–water partition coefficient (Wildman–Crippen LogP) is 4.22. The molecule has 6 rings (SSSR count). The summed E-state index contributed by atoms with van der Waals surface area (Å²) in [4.78, 5) is 63.6. The fraction of sp³-hybridized carbons (Fsp3) is 0.357. The van der Waals surface area contributed by atoms with Crippen LogP contribution >= 0.6 is 39.1 Å². The molecule has 3 fully saturated rings. The number of allylic oxidation sites excluding steroid dienone is 2. The maximum absolute atomic E-state index is 14.0. The van der Waals surface area contributed by atoms with Crippen LogP contribution < -0.4 is 9.64 Å². The number of carbonyl (C=O) groups is 4. The van der Waals surface area contributed by atoms with E-state index in [1.807, 2.05) is 0 Å². The first kappa shape index (κ1) is 28.6. The minimum atomic E-state index is -2.00. The predicted molar refractivity (Wildman–Crippen MR) is 154 cm³/mol. The molecule has 2 aliphatic heterocycles. The number of ether oxygens (including phenoxy) is 1. The van der Waals surface area contributed by atoms with E-state index in [2.05, 4.69) is 15.9 Å². The highest BCUT2D eigenvalue weighted by atomic mass is 79.9. The summed E-state index contributed by atoms with van der Waals surface area (Å²) >= 11 is 17.5. The van der Waals surface area contributed by atoms with Gasteiger partial charge in [0.05, 0.1) is 35.0 Å². The minimum absolute atomic E-state index is 0.149. The van der Waals surface area contributed by atoms with Crippen LogP contribution in [-0.2, 0) is 19.2 Å². The number of amides is 4. The van der Waals surface area contributed by atoms with Gasteiger partial charge in [-0.05, 0) is 48.6 Å². The highest BCUT2D eigenvalue weighted by Gasteiger charge is 2.76. The first-order valence-corrected chi connectivity index (χ1v) is 14.8. The Balaban J connectivity index is 1.49. The molecule has 2 aromatic carbocycles. The molecule has 0 spiro atoms. The fourth-order valence-electron chi connectivity index (χ4n) is 6.99. The summed E-state index contributed by atoms with van der Waals surface area (Å²) in [5, 5.41) is 21.7. The third kappa shape index (κ3) is 3.64. The first-order chi connectivity index (χ1) is 19.9. The molecule has 42 heavy (non-hydrogen) atoms. The molecule has 2 aliphatic carbocycles. The second-order valence-electron chi connectivity index (χ2n) is 10.7. The monoisotopic (exact) mass is 677 g/mol. The van der Waals surface area contributed by atoms with Crippen molar-refractivity contribution in [2.24, 2.45) is 17.8 Å². The Morgan fingerprint density at radius 1 is 1.07 bits per heavy atom. The molecule has 1 N–H and O–H groups in total. The second-order valence-corrected chi connectivity index (χ2v) is 12.4. The number of alkyl halides is 3. The number of imide groups is 2. The lowest BCUT2D eigenvalue weighted by molar-refractivity contribution is -0.384. The normalized spacial score (nSPS) is 32.0. The van der Waals surface area contributed by atoms with Crippen molar-refractivity contribution in [1.82, 2.24) is 4.90 Å². The van der Waals surface area contributed by atoms with Gasteiger partial charge >= 0.3 is 0 Å². The summed E-state index contributed by atoms with van der Waals surface area (Å²) in [6.45, 7) is 0. The van der Waals surface area contributed by atoms with E-state index in [1.165, 1.54) is 43.5 Å². The van der Waals surface area contributed by atoms with E-state index < -0.39 is 62.0 Å². The van der Waals surface area contributed by atoms with Gasteiger partial charge in [-0.2, -0.15) is 0 Å². The number of fused-ring (bicyclic) bond motifs is 4. The number of aromatic hydroxyl groups is 1. The molecule has 2 saturated heterocycles. The summed E-state index contributed by atoms with van der Waals surface area (Å²) in [6.07, 6.45) is 1.73. The first-order valence-electron chi connectivity index (χ1n) is 12.9. The standard InChI is InChI=1S/C28H22BrCl2N3O8/c1-42-20-9-2-13(10-19(20)35)22-16-7-8-17-21(18(16)11-27(30)25(38)32(12-29)26(39)28(22,27)31)24(37)33(23(17)36)14-3-5-15(6-4-14)34(40)41/h2-7,9-10,17-18,21-22,35H,8,11-12H2,1H3/t17-,18+,21-,22-,27+,28-/m0/s1. The van der Waals surface area contributed by atoms with Gasteiger partial charge in [-0.15, -0.1) is 23.2 Å². The van der Waals surface area contributed by atoms with Crippen molar-refractivity contribution in [3.8, 4) is 11.5 Å². The van der Waals surface area contributed by atoms with Gasteiger partial charge in [-0.1, -0.05) is 33.6 Å². The Labute approximate surface area is 257 Å². The zero-order valence-electron chi connectivity index (χ0n) is 21.8. The van der Waals surface area contributed by atoms with Gasteiger partial charge in [-0.3, -0.25) is 39.1 Å². The van der Waals surface area contributed by atoms with Gasteiger partial charge in [-0.25, -0.2) is 0 Å². The molecule has 11 nitrogen and oxygen atoms in total. The van der Waals surface area contributed by atoms with E-state index >= 15 is 0 Å². The number of nitro groups is 1. The van der Waals surface area contributed by atoms with Crippen LogP contribution in [0.1, 0.15) is 24.3 Å². The van der Waals surface area contributed by atoms with E-state index in [-0.39, 0.29) is 41.2 Å². The third-order valence-corrected chi connectivity index (χ3v) is 10.8. The number of hydrogen-bond acceptors (Lipinski definition) is 8. The molecule has 4 amide bonds. The molecule has 0 unspecified atom stereocenters. The molecule has 0 aromatic heterocycles. The molecular formula is C28H22BrCl2N3O8. The molecule has 14 heteroatoms. The highest BCUT2D eigenvalue weighted by Crippen LogP contribution is 2.65. The van der Waals surface area contributed by atoms with E-state index in [0.29, 0.717) is 11.1 Å². The van der Waals surface area contributed by atoms with Crippen molar-refractivity contribution >= 4 is 74.1 Å². The maximum atomic E-state index is 14.0. The number of anilines is 1. The Hall–Kier alpha value is -3.48. The van der Waals surface area contributed by atoms with Crippen LogP contribution in [-0.4, -0.2) is 60.9 Å². The van der Waals surface area contributed by atoms with Gasteiger partial charge < -0.3 is 9.84 Å². The van der Waals surface area contributed by atoms with Crippen molar-refractivity contribution in [3.05, 3.63) is 69.8 Å². The van der Waals surface area contributed by atoms with E-state index in [0.717, 1.165) is 9.80 Å². The van der Waals surface area contributed by atoms with Gasteiger partial charge in [0.15, 0.2) is 21.2 Å². The molecule has 4 aliphatic rings. The number of halogens is 3. The number of methoxy groups -OCH3 is 1. The zero-order chi connectivity index (χ0) is 30.3. The molecular weight excluding hydrogens is 657 g/mol. The van der Waals surface area contributed by atoms with Crippen LogP contribution in [0.4, 0.5) is 11.4 Å². The van der Waals surface area contributed by atoms with Gasteiger partial charge in [0.25, 0.3) is 17.5 Å².